The average molecular weight is 263 g/mol. The Labute approximate surface area is 116 Å². The van der Waals surface area contributed by atoms with Crippen molar-refractivity contribution in [2.75, 3.05) is 0 Å². The van der Waals surface area contributed by atoms with Crippen molar-refractivity contribution in [2.45, 2.75) is 13.8 Å². The second-order valence-electron chi connectivity index (χ2n) is 4.85. The molecule has 0 spiro atoms. The van der Waals surface area contributed by atoms with Crippen molar-refractivity contribution >= 4 is 16.6 Å². The van der Waals surface area contributed by atoms with Gasteiger partial charge in [-0.3, -0.25) is 5.10 Å². The molecule has 0 amide bonds. The minimum atomic E-state index is 0.246. The molecule has 2 aromatic carbocycles. The van der Waals surface area contributed by atoms with E-state index in [-0.39, 0.29) is 5.75 Å². The minimum absolute atomic E-state index is 0.246. The van der Waals surface area contributed by atoms with Gasteiger partial charge >= 0.3 is 0 Å². The molecule has 3 rings (SSSR count). The molecular formula is C16H13N3O. The summed E-state index contributed by atoms with van der Waals surface area (Å²) >= 11 is 0. The highest BCUT2D eigenvalue weighted by atomic mass is 16.3. The number of fused-ring (bicyclic) bond motifs is 1. The molecule has 0 aliphatic heterocycles. The third kappa shape index (κ3) is 1.81. The molecular weight excluding hydrogens is 250 g/mol. The number of aromatic amines is 1. The molecule has 0 unspecified atom stereocenters. The van der Waals surface area contributed by atoms with E-state index in [0.29, 0.717) is 5.69 Å². The quantitative estimate of drug-likeness (QED) is 0.649. The Bertz CT molecular complexity index is 856. The largest absolute Gasteiger partial charge is 0.508 e. The minimum Gasteiger partial charge on any atom is -0.508 e. The van der Waals surface area contributed by atoms with E-state index < -0.39 is 0 Å². The first-order valence-electron chi connectivity index (χ1n) is 6.26. The number of aromatic hydroxyl groups is 1. The summed E-state index contributed by atoms with van der Waals surface area (Å²) in [6.45, 7) is 11.0. The number of benzene rings is 2. The summed E-state index contributed by atoms with van der Waals surface area (Å²) in [5, 5.41) is 18.1. The maximum absolute atomic E-state index is 9.88. The van der Waals surface area contributed by atoms with Crippen LogP contribution in [0.25, 0.3) is 26.9 Å². The monoisotopic (exact) mass is 263 g/mol. The normalized spacial score (nSPS) is 10.7. The van der Waals surface area contributed by atoms with E-state index >= 15 is 0 Å². The summed E-state index contributed by atoms with van der Waals surface area (Å²) in [7, 11) is 0. The summed E-state index contributed by atoms with van der Waals surface area (Å²) in [5.74, 6) is 0.246. The first-order chi connectivity index (χ1) is 9.60. The summed E-state index contributed by atoms with van der Waals surface area (Å²) < 4.78 is 0. The van der Waals surface area contributed by atoms with Crippen molar-refractivity contribution in [3.8, 4) is 16.9 Å². The molecule has 20 heavy (non-hydrogen) atoms. The van der Waals surface area contributed by atoms with Crippen LogP contribution in [0.15, 0.2) is 30.3 Å². The Hall–Kier alpha value is -2.80. The lowest BCUT2D eigenvalue weighted by atomic mass is 10.00. The molecule has 1 heterocycles. The van der Waals surface area contributed by atoms with Crippen LogP contribution in [0, 0.1) is 20.4 Å². The number of aromatic nitrogens is 2. The Morgan fingerprint density at radius 3 is 2.70 bits per heavy atom. The van der Waals surface area contributed by atoms with Crippen LogP contribution in [0.2, 0.25) is 0 Å². The van der Waals surface area contributed by atoms with Crippen molar-refractivity contribution in [2.24, 2.45) is 0 Å². The fourth-order valence-electron chi connectivity index (χ4n) is 2.29. The van der Waals surface area contributed by atoms with Gasteiger partial charge in [0.15, 0.2) is 5.69 Å². The Morgan fingerprint density at radius 2 is 2.00 bits per heavy atom. The average Bonchev–Trinajstić information content (AvgIpc) is 2.82. The van der Waals surface area contributed by atoms with E-state index in [2.05, 4.69) is 15.0 Å². The van der Waals surface area contributed by atoms with Crippen LogP contribution in [-0.2, 0) is 0 Å². The van der Waals surface area contributed by atoms with E-state index in [1.165, 1.54) is 0 Å². The summed E-state index contributed by atoms with van der Waals surface area (Å²) in [6, 6.07) is 9.14. The smallest absolute Gasteiger partial charge is 0.188 e. The first kappa shape index (κ1) is 12.2. The molecule has 0 aliphatic rings. The van der Waals surface area contributed by atoms with E-state index in [9.17, 15) is 5.11 Å². The summed E-state index contributed by atoms with van der Waals surface area (Å²) in [5.41, 5.74) is 4.85. The van der Waals surface area contributed by atoms with Crippen molar-refractivity contribution in [1.82, 2.24) is 10.2 Å². The second kappa shape index (κ2) is 4.39. The zero-order valence-corrected chi connectivity index (χ0v) is 11.2. The number of hydrogen-bond donors (Lipinski definition) is 2. The number of phenolic OH excluding ortho intramolecular Hbond substituents is 1. The van der Waals surface area contributed by atoms with E-state index in [1.807, 2.05) is 32.0 Å². The molecule has 0 saturated carbocycles. The van der Waals surface area contributed by atoms with Crippen LogP contribution in [-0.4, -0.2) is 15.3 Å². The molecule has 2 N–H and O–H groups in total. The molecule has 0 saturated heterocycles. The lowest BCUT2D eigenvalue weighted by Gasteiger charge is -2.06. The van der Waals surface area contributed by atoms with E-state index in [0.717, 1.165) is 33.3 Å². The number of aryl methyl sites for hydroxylation is 2. The number of nitrogens with zero attached hydrogens (tertiary/aromatic N) is 2. The molecule has 4 heteroatoms. The molecule has 0 bridgehead atoms. The Kier molecular flexibility index (Phi) is 2.69. The fourth-order valence-corrected chi connectivity index (χ4v) is 2.29. The summed E-state index contributed by atoms with van der Waals surface area (Å²) in [6.07, 6.45) is 0. The maximum Gasteiger partial charge on any atom is 0.188 e. The van der Waals surface area contributed by atoms with Gasteiger partial charge in [-0.15, -0.1) is 0 Å². The van der Waals surface area contributed by atoms with Crippen LogP contribution in [0.3, 0.4) is 0 Å². The van der Waals surface area contributed by atoms with Gasteiger partial charge in [0, 0.05) is 11.1 Å². The standard InChI is InChI=1S/C16H13N3O/c1-9-4-5-11(6-15(9)20)14-8-12(17-3)7-13-10(2)18-19-16(13)14/h4-8,20H,1-2H3,(H,18,19). The van der Waals surface area contributed by atoms with Gasteiger partial charge in [-0.05, 0) is 48.7 Å². The SMILES string of the molecule is [C-]#[N+]c1cc(-c2ccc(C)c(O)c2)c2n[nH]c(C)c2c1. The highest BCUT2D eigenvalue weighted by Gasteiger charge is 2.12. The van der Waals surface area contributed by atoms with Crippen molar-refractivity contribution in [3.63, 3.8) is 0 Å². The van der Waals surface area contributed by atoms with Gasteiger partial charge in [-0.1, -0.05) is 12.1 Å². The molecule has 98 valence electrons. The van der Waals surface area contributed by atoms with Gasteiger partial charge in [0.1, 0.15) is 5.75 Å². The van der Waals surface area contributed by atoms with Gasteiger partial charge in [0.05, 0.1) is 12.1 Å². The molecule has 3 aromatic rings. The predicted octanol–water partition coefficient (Wildman–Crippen LogP) is 4.10. The van der Waals surface area contributed by atoms with E-state index in [1.54, 1.807) is 12.1 Å². The molecule has 1 aromatic heterocycles. The van der Waals surface area contributed by atoms with Crippen LogP contribution in [0.4, 0.5) is 5.69 Å². The number of hydrogen-bond acceptors (Lipinski definition) is 2. The molecule has 0 radical (unpaired) electrons. The Morgan fingerprint density at radius 1 is 1.20 bits per heavy atom. The summed E-state index contributed by atoms with van der Waals surface area (Å²) in [4.78, 5) is 3.51. The van der Waals surface area contributed by atoms with Crippen molar-refractivity contribution in [1.29, 1.82) is 0 Å². The van der Waals surface area contributed by atoms with Crippen molar-refractivity contribution in [3.05, 3.63) is 53.0 Å². The first-order valence-corrected chi connectivity index (χ1v) is 6.26. The van der Waals surface area contributed by atoms with Crippen LogP contribution in [0.1, 0.15) is 11.3 Å². The zero-order valence-electron chi connectivity index (χ0n) is 11.2. The predicted molar refractivity (Wildman–Crippen MR) is 78.9 cm³/mol. The molecule has 0 fully saturated rings. The number of rotatable bonds is 1. The highest BCUT2D eigenvalue weighted by Crippen LogP contribution is 2.35. The third-order valence-electron chi connectivity index (χ3n) is 3.48. The molecule has 0 atom stereocenters. The van der Waals surface area contributed by atoms with Gasteiger partial charge in [0.2, 0.25) is 0 Å². The van der Waals surface area contributed by atoms with Gasteiger partial charge in [-0.2, -0.15) is 5.10 Å². The fraction of sp³-hybridized carbons (Fsp3) is 0.125. The molecule has 0 aliphatic carbocycles. The lowest BCUT2D eigenvalue weighted by molar-refractivity contribution is 0.471. The van der Waals surface area contributed by atoms with E-state index in [4.69, 9.17) is 6.57 Å². The van der Waals surface area contributed by atoms with Crippen LogP contribution < -0.4 is 0 Å². The second-order valence-corrected chi connectivity index (χ2v) is 4.85. The van der Waals surface area contributed by atoms with Gasteiger partial charge in [0.25, 0.3) is 0 Å². The lowest BCUT2D eigenvalue weighted by Crippen LogP contribution is -1.83. The van der Waals surface area contributed by atoms with Gasteiger partial charge < -0.3 is 5.11 Å². The zero-order chi connectivity index (χ0) is 14.3. The number of phenols is 1. The van der Waals surface area contributed by atoms with Gasteiger partial charge in [-0.25, -0.2) is 4.85 Å². The molecule has 4 nitrogen and oxygen atoms in total. The maximum atomic E-state index is 9.88. The third-order valence-corrected chi connectivity index (χ3v) is 3.48. The topological polar surface area (TPSA) is 53.3 Å². The highest BCUT2D eigenvalue weighted by molar-refractivity contribution is 5.98. The van der Waals surface area contributed by atoms with Crippen LogP contribution in [0.5, 0.6) is 5.75 Å². The van der Waals surface area contributed by atoms with Crippen molar-refractivity contribution < 1.29 is 5.11 Å². The Balaban J connectivity index is 2.34. The van der Waals surface area contributed by atoms with Crippen LogP contribution >= 0.6 is 0 Å². The number of nitrogens with one attached hydrogen (secondary N) is 1. The number of H-pyrrole nitrogens is 1.